The van der Waals surface area contributed by atoms with E-state index in [4.69, 9.17) is 14.2 Å². The molecular formula is C27H25NO5S. The molecule has 0 spiro atoms. The van der Waals surface area contributed by atoms with Crippen LogP contribution in [0, 0.1) is 0 Å². The van der Waals surface area contributed by atoms with Crippen molar-refractivity contribution < 1.29 is 24.1 Å². The van der Waals surface area contributed by atoms with Gasteiger partial charge in [-0.2, -0.15) is 11.3 Å². The molecule has 6 nitrogen and oxygen atoms in total. The van der Waals surface area contributed by atoms with Crippen molar-refractivity contribution in [2.45, 2.75) is 31.5 Å². The summed E-state index contributed by atoms with van der Waals surface area (Å²) in [6.45, 7) is 1.78. The lowest BCUT2D eigenvalue weighted by Gasteiger charge is -2.37. The maximum absolute atomic E-state index is 12.6. The summed E-state index contributed by atoms with van der Waals surface area (Å²) in [4.78, 5) is 15.0. The number of thiophene rings is 1. The number of nitrogens with zero attached hydrogens (tertiary/aromatic N) is 1. The standard InChI is InChI=1S/C27H25NO5S/c1-31-23-11-19-18-10-16(33-27(30)15-7-9-34-14-15)5-6-17(18)25-21(20(19)12-24(23)32-2)13-28-8-3-4-22(28)26(25)29/h5-7,9-12,14,22,26,29H,3-4,8,13H2,1-2H3/t22-,26+/m0/s1. The lowest BCUT2D eigenvalue weighted by atomic mass is 9.83. The van der Waals surface area contributed by atoms with Crippen LogP contribution in [0.1, 0.15) is 40.4 Å². The molecule has 4 aromatic rings. The third kappa shape index (κ3) is 3.27. The zero-order chi connectivity index (χ0) is 23.4. The zero-order valence-electron chi connectivity index (χ0n) is 19.0. The summed E-state index contributed by atoms with van der Waals surface area (Å²) in [5.74, 6) is 1.36. The number of carbonyl (C=O) groups excluding carboxylic acids is 1. The van der Waals surface area contributed by atoms with Crippen molar-refractivity contribution in [2.75, 3.05) is 20.8 Å². The van der Waals surface area contributed by atoms with Crippen molar-refractivity contribution in [3.8, 4) is 17.2 Å². The lowest BCUT2D eigenvalue weighted by molar-refractivity contribution is 0.0552. The summed E-state index contributed by atoms with van der Waals surface area (Å²) in [5, 5.41) is 19.0. The Hall–Kier alpha value is -3.13. The van der Waals surface area contributed by atoms with Gasteiger partial charge in [-0.15, -0.1) is 0 Å². The van der Waals surface area contributed by atoms with E-state index in [1.54, 1.807) is 25.7 Å². The van der Waals surface area contributed by atoms with Gasteiger partial charge in [0.05, 0.1) is 25.9 Å². The van der Waals surface area contributed by atoms with E-state index < -0.39 is 6.10 Å². The molecule has 0 radical (unpaired) electrons. The molecule has 1 N–H and O–H groups in total. The number of carbonyl (C=O) groups is 1. The SMILES string of the molecule is COc1cc2c3c(c4ccc(OC(=O)c5ccsc5)cc4c2cc1OC)[C@H](O)[C@@H]1CCCN1C3. The van der Waals surface area contributed by atoms with E-state index in [1.807, 2.05) is 35.7 Å². The van der Waals surface area contributed by atoms with Crippen LogP contribution in [-0.4, -0.2) is 42.8 Å². The van der Waals surface area contributed by atoms with Crippen LogP contribution in [0.2, 0.25) is 0 Å². The molecule has 7 heteroatoms. The molecule has 34 heavy (non-hydrogen) atoms. The number of rotatable bonds is 4. The minimum absolute atomic E-state index is 0.129. The van der Waals surface area contributed by atoms with Gasteiger partial charge in [-0.1, -0.05) is 6.07 Å². The number of methoxy groups -OCH3 is 2. The molecule has 0 saturated carbocycles. The van der Waals surface area contributed by atoms with Gasteiger partial charge in [0.25, 0.3) is 0 Å². The highest BCUT2D eigenvalue weighted by Gasteiger charge is 2.39. The van der Waals surface area contributed by atoms with Gasteiger partial charge in [-0.25, -0.2) is 4.79 Å². The molecule has 2 atom stereocenters. The fourth-order valence-electron chi connectivity index (χ4n) is 5.56. The Bertz CT molecular complexity index is 1410. The Balaban J connectivity index is 1.59. The molecule has 0 bridgehead atoms. The van der Waals surface area contributed by atoms with Gasteiger partial charge >= 0.3 is 5.97 Å². The van der Waals surface area contributed by atoms with Crippen molar-refractivity contribution in [1.29, 1.82) is 0 Å². The Kier molecular flexibility index (Phi) is 5.21. The molecule has 0 unspecified atom stereocenters. The average molecular weight is 476 g/mol. The second kappa shape index (κ2) is 8.27. The third-order valence-corrected chi connectivity index (χ3v) is 7.83. The molecule has 6 rings (SSSR count). The van der Waals surface area contributed by atoms with Gasteiger partial charge in [0, 0.05) is 18.0 Å². The monoisotopic (exact) mass is 475 g/mol. The molecule has 2 aliphatic heterocycles. The largest absolute Gasteiger partial charge is 0.493 e. The summed E-state index contributed by atoms with van der Waals surface area (Å²) in [6.07, 6.45) is 1.50. The first kappa shape index (κ1) is 21.4. The van der Waals surface area contributed by atoms with Crippen LogP contribution in [0.15, 0.2) is 47.2 Å². The molecule has 3 heterocycles. The first-order chi connectivity index (χ1) is 16.6. The van der Waals surface area contributed by atoms with Crippen molar-refractivity contribution >= 4 is 38.9 Å². The Morgan fingerprint density at radius 3 is 2.53 bits per heavy atom. The number of benzene rings is 3. The summed E-state index contributed by atoms with van der Waals surface area (Å²) >= 11 is 1.46. The molecule has 0 aliphatic carbocycles. The van der Waals surface area contributed by atoms with E-state index in [-0.39, 0.29) is 12.0 Å². The molecule has 2 aliphatic rings. The van der Waals surface area contributed by atoms with E-state index in [1.165, 1.54) is 11.3 Å². The van der Waals surface area contributed by atoms with Crippen LogP contribution < -0.4 is 14.2 Å². The number of hydrogen-bond donors (Lipinski definition) is 1. The van der Waals surface area contributed by atoms with Crippen LogP contribution in [0.25, 0.3) is 21.5 Å². The van der Waals surface area contributed by atoms with Crippen LogP contribution in [0.5, 0.6) is 17.2 Å². The fraction of sp³-hybridized carbons (Fsp3) is 0.296. The summed E-state index contributed by atoms with van der Waals surface area (Å²) in [6, 6.07) is 11.5. The van der Waals surface area contributed by atoms with Crippen molar-refractivity contribution in [2.24, 2.45) is 0 Å². The number of esters is 1. The highest BCUT2D eigenvalue weighted by molar-refractivity contribution is 7.08. The number of aliphatic hydroxyl groups excluding tert-OH is 1. The second-order valence-electron chi connectivity index (χ2n) is 8.88. The number of aliphatic hydroxyl groups is 1. The minimum Gasteiger partial charge on any atom is -0.493 e. The number of hydrogen-bond acceptors (Lipinski definition) is 7. The molecular weight excluding hydrogens is 450 g/mol. The Morgan fingerprint density at radius 2 is 1.79 bits per heavy atom. The van der Waals surface area contributed by atoms with Crippen molar-refractivity contribution in [1.82, 2.24) is 4.90 Å². The summed E-state index contributed by atoms with van der Waals surface area (Å²) in [5.41, 5.74) is 2.62. The van der Waals surface area contributed by atoms with E-state index in [0.29, 0.717) is 22.8 Å². The quantitative estimate of drug-likeness (QED) is 0.245. The second-order valence-corrected chi connectivity index (χ2v) is 9.66. The average Bonchev–Trinajstić information content (AvgIpc) is 3.56. The predicted molar refractivity (Wildman–Crippen MR) is 132 cm³/mol. The van der Waals surface area contributed by atoms with Gasteiger partial charge in [-0.05, 0) is 87.8 Å². The van der Waals surface area contributed by atoms with Crippen molar-refractivity contribution in [3.63, 3.8) is 0 Å². The highest BCUT2D eigenvalue weighted by Crippen LogP contribution is 2.47. The molecule has 1 fully saturated rings. The van der Waals surface area contributed by atoms with Gasteiger partial charge in [0.1, 0.15) is 5.75 Å². The van der Waals surface area contributed by atoms with Gasteiger partial charge in [0.15, 0.2) is 11.5 Å². The van der Waals surface area contributed by atoms with Gasteiger partial charge in [-0.3, -0.25) is 4.90 Å². The molecule has 0 amide bonds. The van der Waals surface area contributed by atoms with Crippen LogP contribution in [-0.2, 0) is 6.54 Å². The number of ether oxygens (including phenoxy) is 3. The summed E-state index contributed by atoms with van der Waals surface area (Å²) in [7, 11) is 3.25. The smallest absolute Gasteiger partial charge is 0.344 e. The predicted octanol–water partition coefficient (Wildman–Crippen LogP) is 5.30. The lowest BCUT2D eigenvalue weighted by Crippen LogP contribution is -2.39. The first-order valence-electron chi connectivity index (χ1n) is 11.4. The topological polar surface area (TPSA) is 68.2 Å². The molecule has 174 valence electrons. The normalized spacial score (nSPS) is 19.7. The maximum Gasteiger partial charge on any atom is 0.344 e. The fourth-order valence-corrected chi connectivity index (χ4v) is 6.18. The van der Waals surface area contributed by atoms with Crippen LogP contribution in [0.4, 0.5) is 0 Å². The van der Waals surface area contributed by atoms with E-state index in [2.05, 4.69) is 4.90 Å². The third-order valence-electron chi connectivity index (χ3n) is 7.15. The zero-order valence-corrected chi connectivity index (χ0v) is 19.9. The Morgan fingerprint density at radius 1 is 1.03 bits per heavy atom. The minimum atomic E-state index is -0.578. The van der Waals surface area contributed by atoms with Gasteiger partial charge < -0.3 is 19.3 Å². The van der Waals surface area contributed by atoms with Crippen LogP contribution in [0.3, 0.4) is 0 Å². The van der Waals surface area contributed by atoms with Crippen LogP contribution >= 0.6 is 11.3 Å². The van der Waals surface area contributed by atoms with E-state index in [9.17, 15) is 9.90 Å². The highest BCUT2D eigenvalue weighted by atomic mass is 32.1. The van der Waals surface area contributed by atoms with E-state index >= 15 is 0 Å². The first-order valence-corrected chi connectivity index (χ1v) is 12.3. The summed E-state index contributed by atoms with van der Waals surface area (Å²) < 4.78 is 16.9. The molecule has 1 aromatic heterocycles. The number of fused-ring (bicyclic) bond motifs is 7. The van der Waals surface area contributed by atoms with E-state index in [0.717, 1.165) is 58.6 Å². The molecule has 1 saturated heterocycles. The van der Waals surface area contributed by atoms with Gasteiger partial charge in [0.2, 0.25) is 0 Å². The molecule has 3 aromatic carbocycles. The Labute approximate surface area is 201 Å². The maximum atomic E-state index is 12.6. The van der Waals surface area contributed by atoms with Crippen molar-refractivity contribution in [3.05, 3.63) is 63.8 Å².